The summed E-state index contributed by atoms with van der Waals surface area (Å²) >= 11 is 0. The van der Waals surface area contributed by atoms with Crippen molar-refractivity contribution < 1.29 is 4.39 Å². The number of rotatable bonds is 5. The van der Waals surface area contributed by atoms with E-state index in [1.54, 1.807) is 0 Å². The van der Waals surface area contributed by atoms with Crippen LogP contribution in [-0.2, 0) is 5.41 Å². The Labute approximate surface area is 263 Å². The first-order valence-corrected chi connectivity index (χ1v) is 15.5. The van der Waals surface area contributed by atoms with E-state index in [4.69, 9.17) is 0 Å². The molecule has 1 aliphatic rings. The Bertz CT molecular complexity index is 2160. The van der Waals surface area contributed by atoms with Gasteiger partial charge in [-0.15, -0.1) is 0 Å². The zero-order valence-electron chi connectivity index (χ0n) is 25.3. The number of hydrogen-bond acceptors (Lipinski definition) is 1. The highest BCUT2D eigenvalue weighted by Gasteiger charge is 2.36. The van der Waals surface area contributed by atoms with Crippen LogP contribution < -0.4 is 4.90 Å². The molecule has 1 aliphatic carbocycles. The maximum atomic E-state index is 13.5. The summed E-state index contributed by atoms with van der Waals surface area (Å²) in [4.78, 5) is 2.27. The first-order valence-electron chi connectivity index (χ1n) is 15.5. The molecule has 45 heavy (non-hydrogen) atoms. The van der Waals surface area contributed by atoms with Crippen LogP contribution in [0.2, 0.25) is 0 Å². The molecule has 7 aromatic rings. The molecule has 0 spiro atoms. The van der Waals surface area contributed by atoms with Gasteiger partial charge in [0.05, 0.1) is 0 Å². The molecule has 0 radical (unpaired) electrons. The van der Waals surface area contributed by atoms with Gasteiger partial charge in [0.15, 0.2) is 0 Å². The van der Waals surface area contributed by atoms with E-state index in [0.29, 0.717) is 0 Å². The van der Waals surface area contributed by atoms with Gasteiger partial charge in [0, 0.05) is 22.5 Å². The van der Waals surface area contributed by atoms with E-state index in [2.05, 4.69) is 146 Å². The molecule has 0 atom stereocenters. The van der Waals surface area contributed by atoms with E-state index in [9.17, 15) is 4.39 Å². The zero-order chi connectivity index (χ0) is 30.5. The van der Waals surface area contributed by atoms with Gasteiger partial charge in [0.2, 0.25) is 0 Å². The fraction of sp³-hybridized carbons (Fsp3) is 0.0698. The minimum atomic E-state index is -0.226. The number of para-hydroxylation sites is 1. The summed E-state index contributed by atoms with van der Waals surface area (Å²) in [5.41, 5.74) is 13.1. The third-order valence-corrected chi connectivity index (χ3v) is 9.34. The number of halogens is 1. The fourth-order valence-electron chi connectivity index (χ4n) is 6.96. The van der Waals surface area contributed by atoms with Crippen molar-refractivity contribution in [1.29, 1.82) is 0 Å². The second kappa shape index (κ2) is 10.6. The molecule has 0 amide bonds. The molecule has 0 saturated heterocycles. The fourth-order valence-corrected chi connectivity index (χ4v) is 6.96. The van der Waals surface area contributed by atoms with Gasteiger partial charge in [0.25, 0.3) is 0 Å². The molecule has 0 fully saturated rings. The Morgan fingerprint density at radius 2 is 1.00 bits per heavy atom. The lowest BCUT2D eigenvalue weighted by Crippen LogP contribution is -2.15. The molecular weight excluding hydrogens is 549 g/mol. The van der Waals surface area contributed by atoms with Crippen molar-refractivity contribution in [3.63, 3.8) is 0 Å². The number of nitrogens with zero attached hydrogens (tertiary/aromatic N) is 1. The molecule has 216 valence electrons. The van der Waals surface area contributed by atoms with Crippen molar-refractivity contribution in [3.8, 4) is 33.4 Å². The third-order valence-electron chi connectivity index (χ3n) is 9.34. The minimum Gasteiger partial charge on any atom is -0.311 e. The van der Waals surface area contributed by atoms with Crippen LogP contribution in [0.25, 0.3) is 44.2 Å². The highest BCUT2D eigenvalue weighted by molar-refractivity contribution is 6.02. The van der Waals surface area contributed by atoms with Crippen molar-refractivity contribution >= 4 is 27.8 Å². The normalized spacial score (nSPS) is 13.0. The van der Waals surface area contributed by atoms with Crippen LogP contribution in [0.15, 0.2) is 158 Å². The van der Waals surface area contributed by atoms with E-state index >= 15 is 0 Å². The van der Waals surface area contributed by atoms with E-state index in [0.717, 1.165) is 28.2 Å². The standard InChI is InChI=1S/C43H32FN/c1-43(2)40-27-19-32-8-6-7-11-38(32)42(40)39-26-18-33(28-41(39)43)31-16-24-37(25-17-31)45(35-9-4-3-5-10-35)36-22-14-30(15-23-36)29-12-20-34(44)21-13-29/h3-28H,1-2H3. The van der Waals surface area contributed by atoms with Gasteiger partial charge in [-0.25, -0.2) is 4.39 Å². The van der Waals surface area contributed by atoms with Crippen molar-refractivity contribution in [2.75, 3.05) is 4.90 Å². The quantitative estimate of drug-likeness (QED) is 0.195. The number of benzene rings is 7. The van der Waals surface area contributed by atoms with Gasteiger partial charge in [-0.2, -0.15) is 0 Å². The largest absolute Gasteiger partial charge is 0.311 e. The second-order valence-corrected chi connectivity index (χ2v) is 12.4. The van der Waals surface area contributed by atoms with Crippen LogP contribution in [0.3, 0.4) is 0 Å². The average molecular weight is 582 g/mol. The molecule has 0 saturated carbocycles. The predicted octanol–water partition coefficient (Wildman–Crippen LogP) is 12.1. The van der Waals surface area contributed by atoms with Crippen LogP contribution in [0.1, 0.15) is 25.0 Å². The van der Waals surface area contributed by atoms with Gasteiger partial charge in [-0.1, -0.05) is 117 Å². The molecule has 7 aromatic carbocycles. The lowest BCUT2D eigenvalue weighted by Gasteiger charge is -2.26. The molecule has 0 unspecified atom stereocenters. The summed E-state index contributed by atoms with van der Waals surface area (Å²) in [6.45, 7) is 4.69. The first kappa shape index (κ1) is 27.1. The van der Waals surface area contributed by atoms with Crippen LogP contribution in [0, 0.1) is 5.82 Å². The summed E-state index contributed by atoms with van der Waals surface area (Å²) in [6.07, 6.45) is 0. The molecule has 0 aromatic heterocycles. The molecule has 0 heterocycles. The lowest BCUT2D eigenvalue weighted by molar-refractivity contribution is 0.628. The van der Waals surface area contributed by atoms with Gasteiger partial charge in [0.1, 0.15) is 5.82 Å². The molecule has 0 aliphatic heterocycles. The highest BCUT2D eigenvalue weighted by Crippen LogP contribution is 2.52. The molecule has 0 bridgehead atoms. The Balaban J connectivity index is 1.15. The monoisotopic (exact) mass is 581 g/mol. The van der Waals surface area contributed by atoms with Gasteiger partial charge in [-0.05, 0) is 110 Å². The Kier molecular flexibility index (Phi) is 6.39. The maximum absolute atomic E-state index is 13.5. The number of hydrogen-bond donors (Lipinski definition) is 0. The first-order chi connectivity index (χ1) is 22.0. The number of anilines is 3. The van der Waals surface area contributed by atoms with Crippen molar-refractivity contribution in [3.05, 3.63) is 175 Å². The Morgan fingerprint density at radius 3 is 1.67 bits per heavy atom. The lowest BCUT2D eigenvalue weighted by atomic mass is 9.81. The minimum absolute atomic E-state index is 0.0746. The van der Waals surface area contributed by atoms with E-state index < -0.39 is 0 Å². The second-order valence-electron chi connectivity index (χ2n) is 12.4. The molecule has 0 N–H and O–H groups in total. The average Bonchev–Trinajstić information content (AvgIpc) is 3.32. The molecular formula is C43H32FN. The maximum Gasteiger partial charge on any atom is 0.123 e. The summed E-state index contributed by atoms with van der Waals surface area (Å²) in [7, 11) is 0. The SMILES string of the molecule is CC1(C)c2cc(-c3ccc(N(c4ccccc4)c4ccc(-c5ccc(F)cc5)cc4)cc3)ccc2-c2c1ccc1ccccc21. The van der Waals surface area contributed by atoms with E-state index in [1.807, 2.05) is 18.2 Å². The summed E-state index contributed by atoms with van der Waals surface area (Å²) in [5.74, 6) is -0.226. The zero-order valence-corrected chi connectivity index (χ0v) is 25.3. The smallest absolute Gasteiger partial charge is 0.123 e. The van der Waals surface area contributed by atoms with Crippen LogP contribution in [0.5, 0.6) is 0 Å². The molecule has 2 heteroatoms. The summed E-state index contributed by atoms with van der Waals surface area (Å²) in [6, 6.07) is 54.7. The van der Waals surface area contributed by atoms with Crippen molar-refractivity contribution in [1.82, 2.24) is 0 Å². The molecule has 1 nitrogen and oxygen atoms in total. The van der Waals surface area contributed by atoms with Crippen molar-refractivity contribution in [2.45, 2.75) is 19.3 Å². The summed E-state index contributed by atoms with van der Waals surface area (Å²) in [5, 5.41) is 2.61. The van der Waals surface area contributed by atoms with Gasteiger partial charge >= 0.3 is 0 Å². The van der Waals surface area contributed by atoms with Crippen LogP contribution in [-0.4, -0.2) is 0 Å². The number of fused-ring (bicyclic) bond motifs is 5. The van der Waals surface area contributed by atoms with Gasteiger partial charge < -0.3 is 4.90 Å². The third kappa shape index (κ3) is 4.62. The summed E-state index contributed by atoms with van der Waals surface area (Å²) < 4.78 is 13.5. The van der Waals surface area contributed by atoms with E-state index in [1.165, 1.54) is 56.3 Å². The highest BCUT2D eigenvalue weighted by atomic mass is 19.1. The van der Waals surface area contributed by atoms with Crippen molar-refractivity contribution in [2.24, 2.45) is 0 Å². The Morgan fingerprint density at radius 1 is 0.467 bits per heavy atom. The van der Waals surface area contributed by atoms with Crippen LogP contribution in [0.4, 0.5) is 21.5 Å². The van der Waals surface area contributed by atoms with Crippen LogP contribution >= 0.6 is 0 Å². The van der Waals surface area contributed by atoms with E-state index in [-0.39, 0.29) is 11.2 Å². The topological polar surface area (TPSA) is 3.24 Å². The Hall–Kier alpha value is -5.47. The van der Waals surface area contributed by atoms with Gasteiger partial charge in [-0.3, -0.25) is 0 Å². The molecule has 8 rings (SSSR count). The predicted molar refractivity (Wildman–Crippen MR) is 187 cm³/mol.